The van der Waals surface area contributed by atoms with E-state index in [2.05, 4.69) is 20.4 Å². The highest BCUT2D eigenvalue weighted by atomic mass is 16.2. The molecule has 0 saturated carbocycles. The maximum absolute atomic E-state index is 12.5. The molecule has 0 fully saturated rings. The Labute approximate surface area is 163 Å². The standard InChI is InChI=1S/C21H25N5O2/c1-14-17(19(28)25-20(24-14)21(2,3)4)18(27)22-12-10-15-6-8-16(9-7-15)26-13-5-11-23-26/h5-9,11,13H,10,12H2,1-4H3,(H,22,27)(H,24,25,28). The van der Waals surface area contributed by atoms with Gasteiger partial charge in [0.25, 0.3) is 11.5 Å². The van der Waals surface area contributed by atoms with E-state index in [0.29, 0.717) is 24.5 Å². The first-order chi connectivity index (χ1) is 13.3. The fourth-order valence-corrected chi connectivity index (χ4v) is 2.85. The number of nitrogens with one attached hydrogen (secondary N) is 2. The molecular weight excluding hydrogens is 354 g/mol. The fourth-order valence-electron chi connectivity index (χ4n) is 2.85. The number of aromatic amines is 1. The van der Waals surface area contributed by atoms with Crippen LogP contribution in [0.1, 0.15) is 48.2 Å². The predicted octanol–water partition coefficient (Wildman–Crippen LogP) is 2.53. The maximum Gasteiger partial charge on any atom is 0.264 e. The molecular formula is C21H25N5O2. The summed E-state index contributed by atoms with van der Waals surface area (Å²) in [5, 5.41) is 7.01. The summed E-state index contributed by atoms with van der Waals surface area (Å²) in [6.07, 6.45) is 4.28. The topological polar surface area (TPSA) is 92.7 Å². The van der Waals surface area contributed by atoms with Gasteiger partial charge in [-0.1, -0.05) is 32.9 Å². The number of H-pyrrole nitrogens is 1. The van der Waals surface area contributed by atoms with Crippen molar-refractivity contribution in [2.45, 2.75) is 39.5 Å². The lowest BCUT2D eigenvalue weighted by Gasteiger charge is -2.18. The van der Waals surface area contributed by atoms with Crippen molar-refractivity contribution in [2.24, 2.45) is 0 Å². The first-order valence-electron chi connectivity index (χ1n) is 9.24. The highest BCUT2D eigenvalue weighted by Crippen LogP contribution is 2.17. The van der Waals surface area contributed by atoms with E-state index in [-0.39, 0.29) is 11.0 Å². The minimum Gasteiger partial charge on any atom is -0.351 e. The second kappa shape index (κ2) is 7.80. The van der Waals surface area contributed by atoms with Crippen molar-refractivity contribution in [2.75, 3.05) is 6.54 Å². The Morgan fingerprint density at radius 3 is 2.50 bits per heavy atom. The van der Waals surface area contributed by atoms with Gasteiger partial charge in [-0.05, 0) is 37.1 Å². The normalized spacial score (nSPS) is 11.4. The molecule has 1 aromatic carbocycles. The van der Waals surface area contributed by atoms with E-state index in [1.165, 1.54) is 0 Å². The van der Waals surface area contributed by atoms with Gasteiger partial charge >= 0.3 is 0 Å². The Bertz CT molecular complexity index is 1010. The van der Waals surface area contributed by atoms with Crippen molar-refractivity contribution in [3.63, 3.8) is 0 Å². The van der Waals surface area contributed by atoms with E-state index in [9.17, 15) is 9.59 Å². The number of benzene rings is 1. The van der Waals surface area contributed by atoms with Crippen LogP contribution >= 0.6 is 0 Å². The van der Waals surface area contributed by atoms with Gasteiger partial charge in [0.1, 0.15) is 11.4 Å². The first-order valence-corrected chi connectivity index (χ1v) is 9.24. The van der Waals surface area contributed by atoms with Crippen molar-refractivity contribution < 1.29 is 4.79 Å². The minimum absolute atomic E-state index is 0.0713. The predicted molar refractivity (Wildman–Crippen MR) is 108 cm³/mol. The Hall–Kier alpha value is -3.22. The molecule has 28 heavy (non-hydrogen) atoms. The number of hydrogen-bond donors (Lipinski definition) is 2. The highest BCUT2D eigenvalue weighted by Gasteiger charge is 2.21. The number of hydrogen-bond acceptors (Lipinski definition) is 4. The Balaban J connectivity index is 1.62. The van der Waals surface area contributed by atoms with Crippen molar-refractivity contribution >= 4 is 5.91 Å². The van der Waals surface area contributed by atoms with Crippen LogP contribution < -0.4 is 10.9 Å². The van der Waals surface area contributed by atoms with Crippen molar-refractivity contribution in [1.29, 1.82) is 0 Å². The van der Waals surface area contributed by atoms with Crippen LogP contribution in [-0.4, -0.2) is 32.2 Å². The van der Waals surface area contributed by atoms with Gasteiger partial charge in [-0.2, -0.15) is 5.10 Å². The summed E-state index contributed by atoms with van der Waals surface area (Å²) >= 11 is 0. The highest BCUT2D eigenvalue weighted by molar-refractivity contribution is 5.94. The molecule has 0 aliphatic carbocycles. The maximum atomic E-state index is 12.5. The van der Waals surface area contributed by atoms with E-state index in [1.807, 2.05) is 57.3 Å². The van der Waals surface area contributed by atoms with Crippen molar-refractivity contribution in [3.8, 4) is 5.69 Å². The number of aromatic nitrogens is 4. The molecule has 146 valence electrons. The van der Waals surface area contributed by atoms with Gasteiger partial charge in [-0.25, -0.2) is 9.67 Å². The third-order valence-corrected chi connectivity index (χ3v) is 4.44. The summed E-state index contributed by atoms with van der Waals surface area (Å²) in [4.78, 5) is 32.0. The molecule has 1 amide bonds. The Morgan fingerprint density at radius 1 is 1.21 bits per heavy atom. The zero-order chi connectivity index (χ0) is 20.3. The lowest BCUT2D eigenvalue weighted by molar-refractivity contribution is 0.0951. The van der Waals surface area contributed by atoms with Gasteiger partial charge in [0.05, 0.1) is 11.4 Å². The molecule has 7 nitrogen and oxygen atoms in total. The zero-order valence-electron chi connectivity index (χ0n) is 16.6. The molecule has 0 radical (unpaired) electrons. The van der Waals surface area contributed by atoms with Crippen LogP contribution in [0, 0.1) is 6.92 Å². The molecule has 2 heterocycles. The summed E-state index contributed by atoms with van der Waals surface area (Å²) in [6, 6.07) is 9.83. The van der Waals surface area contributed by atoms with Gasteiger partial charge in [0.15, 0.2) is 0 Å². The smallest absolute Gasteiger partial charge is 0.264 e. The van der Waals surface area contributed by atoms with E-state index < -0.39 is 11.5 Å². The summed E-state index contributed by atoms with van der Waals surface area (Å²) in [5.74, 6) is 0.170. The monoisotopic (exact) mass is 379 g/mol. The Kier molecular flexibility index (Phi) is 5.44. The SMILES string of the molecule is Cc1nc(C(C)(C)C)[nH]c(=O)c1C(=O)NCCc1ccc(-n2cccn2)cc1. The molecule has 3 rings (SSSR count). The molecule has 2 aromatic heterocycles. The average Bonchev–Trinajstić information content (AvgIpc) is 3.15. The summed E-state index contributed by atoms with van der Waals surface area (Å²) < 4.78 is 1.79. The second-order valence-corrected chi connectivity index (χ2v) is 7.75. The van der Waals surface area contributed by atoms with E-state index in [0.717, 1.165) is 11.3 Å². The van der Waals surface area contributed by atoms with Crippen LogP contribution in [-0.2, 0) is 11.8 Å². The molecule has 0 saturated heterocycles. The van der Waals surface area contributed by atoms with Gasteiger partial charge in [0.2, 0.25) is 0 Å². The van der Waals surface area contributed by atoms with Crippen molar-refractivity contribution in [3.05, 3.63) is 75.7 Å². The lowest BCUT2D eigenvalue weighted by atomic mass is 9.95. The number of amides is 1. The quantitative estimate of drug-likeness (QED) is 0.712. The van der Waals surface area contributed by atoms with Crippen LogP contribution in [0.2, 0.25) is 0 Å². The minimum atomic E-state index is -0.404. The largest absolute Gasteiger partial charge is 0.351 e. The van der Waals surface area contributed by atoms with Crippen LogP contribution in [0.3, 0.4) is 0 Å². The summed E-state index contributed by atoms with van der Waals surface area (Å²) in [6.45, 7) is 8.00. The first kappa shape index (κ1) is 19.5. The number of nitrogens with zero attached hydrogens (tertiary/aromatic N) is 3. The fraction of sp³-hybridized carbons (Fsp3) is 0.333. The molecule has 2 N–H and O–H groups in total. The van der Waals surface area contributed by atoms with Gasteiger partial charge < -0.3 is 10.3 Å². The average molecular weight is 379 g/mol. The molecule has 0 bridgehead atoms. The molecule has 0 unspecified atom stereocenters. The summed E-state index contributed by atoms with van der Waals surface area (Å²) in [7, 11) is 0. The van der Waals surface area contributed by atoms with E-state index in [1.54, 1.807) is 17.8 Å². The van der Waals surface area contributed by atoms with Crippen LogP contribution in [0.4, 0.5) is 0 Å². The summed E-state index contributed by atoms with van der Waals surface area (Å²) in [5.41, 5.74) is 1.88. The second-order valence-electron chi connectivity index (χ2n) is 7.75. The molecule has 0 spiro atoms. The number of carbonyl (C=O) groups excluding carboxylic acids is 1. The Morgan fingerprint density at radius 2 is 1.93 bits per heavy atom. The van der Waals surface area contributed by atoms with Crippen molar-refractivity contribution in [1.82, 2.24) is 25.1 Å². The lowest BCUT2D eigenvalue weighted by Crippen LogP contribution is -2.34. The van der Waals surface area contributed by atoms with Gasteiger partial charge in [-0.15, -0.1) is 0 Å². The third kappa shape index (κ3) is 4.36. The van der Waals surface area contributed by atoms with Gasteiger partial charge in [0, 0.05) is 24.4 Å². The molecule has 3 aromatic rings. The zero-order valence-corrected chi connectivity index (χ0v) is 16.6. The number of rotatable bonds is 5. The van der Waals surface area contributed by atoms with E-state index in [4.69, 9.17) is 0 Å². The molecule has 7 heteroatoms. The molecule has 0 aliphatic rings. The third-order valence-electron chi connectivity index (χ3n) is 4.44. The van der Waals surface area contributed by atoms with Gasteiger partial charge in [-0.3, -0.25) is 9.59 Å². The molecule has 0 atom stereocenters. The van der Waals surface area contributed by atoms with Crippen LogP contribution in [0.25, 0.3) is 5.69 Å². The number of carbonyl (C=O) groups is 1. The van der Waals surface area contributed by atoms with Crippen LogP contribution in [0.5, 0.6) is 0 Å². The number of aryl methyl sites for hydroxylation is 1. The van der Waals surface area contributed by atoms with Crippen LogP contribution in [0.15, 0.2) is 47.5 Å². The molecule has 0 aliphatic heterocycles. The van der Waals surface area contributed by atoms with E-state index >= 15 is 0 Å².